The fourth-order valence-electron chi connectivity index (χ4n) is 13.0. The third kappa shape index (κ3) is 78.0. The number of esters is 4. The molecule has 0 aliphatic carbocycles. The Hall–Kier alpha value is -1.94. The Bertz CT molecular complexity index is 1990. The number of aliphatic hydroxyl groups is 1. The molecule has 3 N–H and O–H groups in total. The summed E-state index contributed by atoms with van der Waals surface area (Å²) in [6.07, 6.45) is 64.0. The van der Waals surface area contributed by atoms with Crippen LogP contribution in [0, 0.1) is 17.8 Å². The first kappa shape index (κ1) is 101. The topological polar surface area (TPSA) is 237 Å². The highest BCUT2D eigenvalue weighted by atomic mass is 31.2. The number of ether oxygens (including phenoxy) is 4. The van der Waals surface area contributed by atoms with Crippen LogP contribution in [0.5, 0.6) is 0 Å². The summed E-state index contributed by atoms with van der Waals surface area (Å²) >= 11 is 0. The van der Waals surface area contributed by atoms with Crippen LogP contribution in [-0.4, -0.2) is 96.7 Å². The summed E-state index contributed by atoms with van der Waals surface area (Å²) in [5.74, 6) is 0.184. The quantitative estimate of drug-likeness (QED) is 0.0222. The van der Waals surface area contributed by atoms with E-state index in [0.29, 0.717) is 25.7 Å². The molecule has 0 spiro atoms. The number of phosphoric ester groups is 2. The van der Waals surface area contributed by atoms with Crippen molar-refractivity contribution in [2.45, 2.75) is 458 Å². The predicted octanol–water partition coefficient (Wildman–Crippen LogP) is 25.3. The number of carbonyl (C=O) groups excluding carboxylic acids is 4. The Kier molecular flexibility index (Phi) is 72.8. The molecular weight excluding hydrogens is 1340 g/mol. The highest BCUT2D eigenvalue weighted by Gasteiger charge is 2.30. The lowest BCUT2D eigenvalue weighted by atomic mass is 10.0. The summed E-state index contributed by atoms with van der Waals surface area (Å²) in [6.45, 7) is 11.9. The number of hydrogen-bond donors (Lipinski definition) is 3. The Morgan fingerprint density at radius 1 is 0.262 bits per heavy atom. The minimum Gasteiger partial charge on any atom is -0.462 e. The summed E-state index contributed by atoms with van der Waals surface area (Å²) in [5.41, 5.74) is 0. The molecule has 17 nitrogen and oxygen atoms in total. The molecule has 0 aromatic heterocycles. The monoisotopic (exact) mass is 1510 g/mol. The summed E-state index contributed by atoms with van der Waals surface area (Å²) in [7, 11) is -9.93. The first-order valence-electron chi connectivity index (χ1n) is 43.3. The van der Waals surface area contributed by atoms with Gasteiger partial charge in [-0.25, -0.2) is 9.13 Å². The van der Waals surface area contributed by atoms with E-state index < -0.39 is 97.5 Å². The zero-order valence-electron chi connectivity index (χ0n) is 67.8. The summed E-state index contributed by atoms with van der Waals surface area (Å²) in [6, 6.07) is 0. The second-order valence-electron chi connectivity index (χ2n) is 31.6. The fraction of sp³-hybridized carbons (Fsp3) is 0.952. The number of aliphatic hydroxyl groups excluding tert-OH is 1. The second kappa shape index (κ2) is 74.2. The van der Waals surface area contributed by atoms with Crippen LogP contribution >= 0.6 is 15.6 Å². The van der Waals surface area contributed by atoms with E-state index in [1.165, 1.54) is 250 Å². The van der Waals surface area contributed by atoms with Crippen LogP contribution in [-0.2, 0) is 65.4 Å². The summed E-state index contributed by atoms with van der Waals surface area (Å²) < 4.78 is 68.8. The standard InChI is InChI=1S/C84H164O17P2/c1-8-9-10-11-12-13-14-15-16-17-18-19-20-25-28-31-38-46-53-60-67-83(88)100-79(71-94-81(86)65-58-51-44-37-30-27-24-22-21-23-26-29-34-41-48-55-62-75(2)3)73-98-102(90,91)96-69-78(85)70-97-103(92,93)99-74-80(101-84(89)68-61-54-47-40-33-36-43-50-57-64-77(6)7)72-95-82(87)66-59-52-45-39-32-35-42-49-56-63-76(4)5/h75-80,85H,8-74H2,1-7H3,(H,90,91)(H,92,93)/t78-,79-,80-/m1/s1. The van der Waals surface area contributed by atoms with E-state index >= 15 is 0 Å². The molecule has 2 unspecified atom stereocenters. The molecule has 612 valence electrons. The predicted molar refractivity (Wildman–Crippen MR) is 423 cm³/mol. The Morgan fingerprint density at radius 2 is 0.447 bits per heavy atom. The van der Waals surface area contributed by atoms with E-state index in [1.54, 1.807) is 0 Å². The van der Waals surface area contributed by atoms with Crippen LogP contribution in [0.3, 0.4) is 0 Å². The van der Waals surface area contributed by atoms with Crippen molar-refractivity contribution < 1.29 is 80.2 Å². The number of hydrogen-bond acceptors (Lipinski definition) is 15. The maximum atomic E-state index is 13.1. The lowest BCUT2D eigenvalue weighted by Crippen LogP contribution is -2.30. The van der Waals surface area contributed by atoms with Gasteiger partial charge in [0.2, 0.25) is 0 Å². The molecule has 0 aliphatic heterocycles. The van der Waals surface area contributed by atoms with E-state index in [2.05, 4.69) is 48.5 Å². The van der Waals surface area contributed by atoms with E-state index in [9.17, 15) is 43.2 Å². The van der Waals surface area contributed by atoms with Crippen molar-refractivity contribution in [1.29, 1.82) is 0 Å². The van der Waals surface area contributed by atoms with E-state index in [0.717, 1.165) is 108 Å². The molecule has 19 heteroatoms. The van der Waals surface area contributed by atoms with Gasteiger partial charge in [-0.05, 0) is 43.4 Å². The summed E-state index contributed by atoms with van der Waals surface area (Å²) in [5, 5.41) is 10.7. The molecule has 0 saturated heterocycles. The first-order valence-corrected chi connectivity index (χ1v) is 46.3. The number of phosphoric acid groups is 2. The zero-order valence-corrected chi connectivity index (χ0v) is 69.6. The molecule has 0 rings (SSSR count). The van der Waals surface area contributed by atoms with E-state index in [4.69, 9.17) is 37.0 Å². The van der Waals surface area contributed by atoms with Gasteiger partial charge in [-0.2, -0.15) is 0 Å². The highest BCUT2D eigenvalue weighted by Crippen LogP contribution is 2.45. The molecule has 0 aromatic carbocycles. The molecule has 0 saturated carbocycles. The van der Waals surface area contributed by atoms with Crippen molar-refractivity contribution in [2.75, 3.05) is 39.6 Å². The number of carbonyl (C=O) groups is 4. The maximum Gasteiger partial charge on any atom is 0.472 e. The SMILES string of the molecule is CCCCCCCCCCCCCCCCCCCCCCC(=O)O[C@H](COC(=O)CCCCCCCCCCCCCCCCCCC(C)C)COP(=O)(O)OC[C@@H](O)COP(=O)(O)OC[C@@H](COC(=O)CCCCCCCCCCCC(C)C)OC(=O)CCCCCCCCCCCC(C)C. The van der Waals surface area contributed by atoms with Gasteiger partial charge in [0, 0.05) is 25.7 Å². The lowest BCUT2D eigenvalue weighted by Gasteiger charge is -2.21. The van der Waals surface area contributed by atoms with Crippen LogP contribution in [0.15, 0.2) is 0 Å². The molecule has 0 amide bonds. The molecule has 0 bridgehead atoms. The average Bonchev–Trinajstić information content (AvgIpc) is 0.910. The Balaban J connectivity index is 5.23. The van der Waals surface area contributed by atoms with Gasteiger partial charge in [-0.3, -0.25) is 37.3 Å². The fourth-order valence-corrected chi connectivity index (χ4v) is 14.6. The molecular formula is C84H164O17P2. The van der Waals surface area contributed by atoms with Crippen molar-refractivity contribution >= 4 is 39.5 Å². The summed E-state index contributed by atoms with van der Waals surface area (Å²) in [4.78, 5) is 73.1. The largest absolute Gasteiger partial charge is 0.472 e. The Labute approximate surface area is 632 Å². The van der Waals surface area contributed by atoms with Crippen molar-refractivity contribution in [3.05, 3.63) is 0 Å². The highest BCUT2D eigenvalue weighted by molar-refractivity contribution is 7.47. The number of unbranched alkanes of at least 4 members (excludes halogenated alkanes) is 50. The van der Waals surface area contributed by atoms with Crippen molar-refractivity contribution in [3.8, 4) is 0 Å². The van der Waals surface area contributed by atoms with Gasteiger partial charge in [0.1, 0.15) is 19.3 Å². The van der Waals surface area contributed by atoms with Gasteiger partial charge < -0.3 is 33.8 Å². The smallest absolute Gasteiger partial charge is 0.462 e. The van der Waals surface area contributed by atoms with Crippen LogP contribution in [0.4, 0.5) is 0 Å². The van der Waals surface area contributed by atoms with Crippen LogP contribution in [0.2, 0.25) is 0 Å². The van der Waals surface area contributed by atoms with E-state index in [1.807, 2.05) is 0 Å². The van der Waals surface area contributed by atoms with Crippen molar-refractivity contribution in [3.63, 3.8) is 0 Å². The van der Waals surface area contributed by atoms with Gasteiger partial charge in [0.05, 0.1) is 26.4 Å². The van der Waals surface area contributed by atoms with Gasteiger partial charge >= 0.3 is 39.5 Å². The molecule has 0 aromatic rings. The Morgan fingerprint density at radius 3 is 0.660 bits per heavy atom. The molecule has 0 aliphatic rings. The average molecular weight is 1510 g/mol. The third-order valence-electron chi connectivity index (χ3n) is 19.6. The minimum absolute atomic E-state index is 0.105. The maximum absolute atomic E-state index is 13.1. The zero-order chi connectivity index (χ0) is 75.8. The molecule has 0 radical (unpaired) electrons. The van der Waals surface area contributed by atoms with Gasteiger partial charge in [-0.15, -0.1) is 0 Å². The van der Waals surface area contributed by atoms with Gasteiger partial charge in [-0.1, -0.05) is 389 Å². The van der Waals surface area contributed by atoms with Crippen LogP contribution in [0.1, 0.15) is 440 Å². The third-order valence-corrected chi connectivity index (χ3v) is 21.5. The van der Waals surface area contributed by atoms with Crippen LogP contribution in [0.25, 0.3) is 0 Å². The molecule has 0 heterocycles. The molecule has 103 heavy (non-hydrogen) atoms. The van der Waals surface area contributed by atoms with Crippen molar-refractivity contribution in [1.82, 2.24) is 0 Å². The molecule has 0 fully saturated rings. The lowest BCUT2D eigenvalue weighted by molar-refractivity contribution is -0.161. The van der Waals surface area contributed by atoms with E-state index in [-0.39, 0.29) is 25.7 Å². The van der Waals surface area contributed by atoms with Gasteiger partial charge in [0.25, 0.3) is 0 Å². The number of rotatable bonds is 82. The van der Waals surface area contributed by atoms with Crippen molar-refractivity contribution in [2.24, 2.45) is 17.8 Å². The minimum atomic E-state index is -4.96. The first-order chi connectivity index (χ1) is 49.7. The van der Waals surface area contributed by atoms with Gasteiger partial charge in [0.15, 0.2) is 12.2 Å². The second-order valence-corrected chi connectivity index (χ2v) is 34.6. The normalized spacial score (nSPS) is 13.9. The molecule has 5 atom stereocenters. The van der Waals surface area contributed by atoms with Crippen LogP contribution < -0.4 is 0 Å².